The minimum absolute atomic E-state index is 0.0201. The fraction of sp³-hybridized carbons (Fsp3) is 0.190. The number of rotatable bonds is 6. The van der Waals surface area contributed by atoms with Gasteiger partial charge in [0.1, 0.15) is 11.6 Å². The van der Waals surface area contributed by atoms with E-state index in [9.17, 15) is 9.90 Å². The lowest BCUT2D eigenvalue weighted by Crippen LogP contribution is -2.08. The SMILES string of the molecule is CC(=O)c1cccc(-c2nc(C)cc(NCCc3ccc(O)cc3)n2)c1. The largest absolute Gasteiger partial charge is 0.508 e. The number of aromatic nitrogens is 2. The van der Waals surface area contributed by atoms with Crippen LogP contribution in [0.1, 0.15) is 28.5 Å². The highest BCUT2D eigenvalue weighted by Crippen LogP contribution is 2.20. The number of nitrogens with zero attached hydrogens (tertiary/aromatic N) is 2. The predicted octanol–water partition coefficient (Wildman–Crippen LogP) is 4.01. The van der Waals surface area contributed by atoms with Crippen LogP contribution in [0.15, 0.2) is 54.6 Å². The smallest absolute Gasteiger partial charge is 0.161 e. The van der Waals surface area contributed by atoms with E-state index in [0.29, 0.717) is 17.9 Å². The lowest BCUT2D eigenvalue weighted by Gasteiger charge is -2.09. The van der Waals surface area contributed by atoms with Crippen LogP contribution in [-0.2, 0) is 6.42 Å². The van der Waals surface area contributed by atoms with Gasteiger partial charge in [-0.3, -0.25) is 4.79 Å². The number of phenols is 1. The molecule has 2 N–H and O–H groups in total. The van der Waals surface area contributed by atoms with E-state index in [4.69, 9.17) is 0 Å². The number of carbonyl (C=O) groups excluding carboxylic acids is 1. The molecule has 0 fully saturated rings. The van der Waals surface area contributed by atoms with E-state index in [-0.39, 0.29) is 11.5 Å². The Hall–Kier alpha value is -3.21. The van der Waals surface area contributed by atoms with Gasteiger partial charge in [-0.25, -0.2) is 9.97 Å². The van der Waals surface area contributed by atoms with Crippen molar-refractivity contribution in [3.63, 3.8) is 0 Å². The Morgan fingerprint density at radius 2 is 1.85 bits per heavy atom. The van der Waals surface area contributed by atoms with Crippen LogP contribution in [0.4, 0.5) is 5.82 Å². The van der Waals surface area contributed by atoms with Crippen LogP contribution in [0.25, 0.3) is 11.4 Å². The molecule has 1 heterocycles. The van der Waals surface area contributed by atoms with Gasteiger partial charge in [0.25, 0.3) is 0 Å². The predicted molar refractivity (Wildman–Crippen MR) is 103 cm³/mol. The Morgan fingerprint density at radius 3 is 2.58 bits per heavy atom. The molecule has 0 unspecified atom stereocenters. The van der Waals surface area contributed by atoms with Crippen molar-refractivity contribution < 1.29 is 9.90 Å². The van der Waals surface area contributed by atoms with E-state index in [1.807, 2.05) is 43.3 Å². The van der Waals surface area contributed by atoms with Crippen molar-refractivity contribution in [3.05, 3.63) is 71.4 Å². The van der Waals surface area contributed by atoms with Gasteiger partial charge in [0.05, 0.1) is 0 Å². The summed E-state index contributed by atoms with van der Waals surface area (Å²) in [6.45, 7) is 4.19. The number of ketones is 1. The molecule has 0 bridgehead atoms. The number of aryl methyl sites for hydroxylation is 1. The highest BCUT2D eigenvalue weighted by molar-refractivity contribution is 5.95. The average Bonchev–Trinajstić information content (AvgIpc) is 2.63. The van der Waals surface area contributed by atoms with E-state index in [0.717, 1.165) is 29.1 Å². The maximum atomic E-state index is 11.6. The van der Waals surface area contributed by atoms with E-state index in [2.05, 4.69) is 15.3 Å². The number of hydrogen-bond donors (Lipinski definition) is 2. The van der Waals surface area contributed by atoms with Crippen molar-refractivity contribution >= 4 is 11.6 Å². The zero-order valence-electron chi connectivity index (χ0n) is 14.9. The molecule has 0 saturated heterocycles. The summed E-state index contributed by atoms with van der Waals surface area (Å²) in [5.41, 5.74) is 3.46. The standard InChI is InChI=1S/C21H21N3O2/c1-14-12-20(22-11-10-16-6-8-19(26)9-7-16)24-21(23-14)18-5-3-4-17(13-18)15(2)25/h3-9,12-13,26H,10-11H2,1-2H3,(H,22,23,24). The molecule has 0 radical (unpaired) electrons. The Bertz CT molecular complexity index is 921. The van der Waals surface area contributed by atoms with Gasteiger partial charge in [0.2, 0.25) is 0 Å². The number of aromatic hydroxyl groups is 1. The molecule has 3 rings (SSSR count). The summed E-state index contributed by atoms with van der Waals surface area (Å²) in [7, 11) is 0. The van der Waals surface area contributed by atoms with Gasteiger partial charge in [-0.1, -0.05) is 30.3 Å². The number of nitrogens with one attached hydrogen (secondary N) is 1. The molecule has 2 aromatic carbocycles. The van der Waals surface area contributed by atoms with Gasteiger partial charge in [0.15, 0.2) is 11.6 Å². The first-order chi connectivity index (χ1) is 12.5. The van der Waals surface area contributed by atoms with Gasteiger partial charge in [-0.2, -0.15) is 0 Å². The maximum absolute atomic E-state index is 11.6. The van der Waals surface area contributed by atoms with Crippen molar-refractivity contribution in [2.75, 3.05) is 11.9 Å². The quantitative estimate of drug-likeness (QED) is 0.659. The Kier molecular flexibility index (Phi) is 5.27. The lowest BCUT2D eigenvalue weighted by atomic mass is 10.1. The minimum Gasteiger partial charge on any atom is -0.508 e. The van der Waals surface area contributed by atoms with Crippen molar-refractivity contribution in [2.24, 2.45) is 0 Å². The van der Waals surface area contributed by atoms with Crippen LogP contribution < -0.4 is 5.32 Å². The van der Waals surface area contributed by atoms with E-state index >= 15 is 0 Å². The summed E-state index contributed by atoms with van der Waals surface area (Å²) in [4.78, 5) is 20.7. The molecule has 5 heteroatoms. The van der Waals surface area contributed by atoms with Crippen LogP contribution in [0.2, 0.25) is 0 Å². The van der Waals surface area contributed by atoms with Crippen LogP contribution >= 0.6 is 0 Å². The zero-order chi connectivity index (χ0) is 18.5. The molecular weight excluding hydrogens is 326 g/mol. The summed E-state index contributed by atoms with van der Waals surface area (Å²) in [6, 6.07) is 16.4. The number of phenolic OH excluding ortho intramolecular Hbond substituents is 1. The topological polar surface area (TPSA) is 75.1 Å². The van der Waals surface area contributed by atoms with Crippen LogP contribution in [0, 0.1) is 6.92 Å². The van der Waals surface area contributed by atoms with Gasteiger partial charge in [-0.15, -0.1) is 0 Å². The van der Waals surface area contributed by atoms with Gasteiger partial charge in [-0.05, 0) is 44.0 Å². The monoisotopic (exact) mass is 347 g/mol. The normalized spacial score (nSPS) is 10.5. The summed E-state index contributed by atoms with van der Waals surface area (Å²) < 4.78 is 0. The summed E-state index contributed by atoms with van der Waals surface area (Å²) in [5, 5.41) is 12.6. The number of benzene rings is 2. The molecule has 132 valence electrons. The second-order valence-electron chi connectivity index (χ2n) is 6.20. The first-order valence-electron chi connectivity index (χ1n) is 8.50. The number of Topliss-reactive ketones (excluding diaryl/α,β-unsaturated/α-hetero) is 1. The Balaban J connectivity index is 1.74. The number of carbonyl (C=O) groups is 1. The van der Waals surface area contributed by atoms with Crippen LogP contribution in [0.3, 0.4) is 0 Å². The third kappa shape index (κ3) is 4.45. The molecule has 0 aliphatic carbocycles. The zero-order valence-corrected chi connectivity index (χ0v) is 14.9. The highest BCUT2D eigenvalue weighted by atomic mass is 16.3. The molecule has 0 atom stereocenters. The highest BCUT2D eigenvalue weighted by Gasteiger charge is 2.07. The molecule has 0 amide bonds. The second-order valence-corrected chi connectivity index (χ2v) is 6.20. The lowest BCUT2D eigenvalue weighted by molar-refractivity contribution is 0.101. The van der Waals surface area contributed by atoms with Crippen LogP contribution in [-0.4, -0.2) is 27.4 Å². The maximum Gasteiger partial charge on any atom is 0.161 e. The van der Waals surface area contributed by atoms with E-state index in [1.165, 1.54) is 0 Å². The van der Waals surface area contributed by atoms with Crippen molar-refractivity contribution in [1.82, 2.24) is 9.97 Å². The molecule has 0 aliphatic rings. The second kappa shape index (κ2) is 7.78. The molecular formula is C21H21N3O2. The van der Waals surface area contributed by atoms with E-state index < -0.39 is 0 Å². The Morgan fingerprint density at radius 1 is 1.08 bits per heavy atom. The van der Waals surface area contributed by atoms with E-state index in [1.54, 1.807) is 25.1 Å². The first-order valence-corrected chi connectivity index (χ1v) is 8.50. The molecule has 3 aromatic rings. The fourth-order valence-electron chi connectivity index (χ4n) is 2.66. The van der Waals surface area contributed by atoms with Gasteiger partial charge < -0.3 is 10.4 Å². The molecule has 0 spiro atoms. The average molecular weight is 347 g/mol. The third-order valence-electron chi connectivity index (χ3n) is 4.04. The van der Waals surface area contributed by atoms with Crippen molar-refractivity contribution in [3.8, 4) is 17.1 Å². The van der Waals surface area contributed by atoms with Gasteiger partial charge in [0, 0.05) is 29.4 Å². The molecule has 1 aromatic heterocycles. The van der Waals surface area contributed by atoms with Crippen molar-refractivity contribution in [1.29, 1.82) is 0 Å². The minimum atomic E-state index is 0.0201. The molecule has 0 saturated carbocycles. The molecule has 26 heavy (non-hydrogen) atoms. The number of anilines is 1. The molecule has 0 aliphatic heterocycles. The number of hydrogen-bond acceptors (Lipinski definition) is 5. The summed E-state index contributed by atoms with van der Waals surface area (Å²) >= 11 is 0. The van der Waals surface area contributed by atoms with Crippen LogP contribution in [0.5, 0.6) is 5.75 Å². The first kappa shape index (κ1) is 17.6. The third-order valence-corrected chi connectivity index (χ3v) is 4.04. The van der Waals surface area contributed by atoms with Crippen molar-refractivity contribution in [2.45, 2.75) is 20.3 Å². The van der Waals surface area contributed by atoms with Gasteiger partial charge >= 0.3 is 0 Å². The Labute approximate surface area is 152 Å². The fourth-order valence-corrected chi connectivity index (χ4v) is 2.66. The summed E-state index contributed by atoms with van der Waals surface area (Å²) in [5.74, 6) is 1.64. The molecule has 5 nitrogen and oxygen atoms in total. The summed E-state index contributed by atoms with van der Waals surface area (Å²) in [6.07, 6.45) is 0.818.